The lowest BCUT2D eigenvalue weighted by Gasteiger charge is -2.04. The van der Waals surface area contributed by atoms with E-state index in [1.165, 1.54) is 11.3 Å². The summed E-state index contributed by atoms with van der Waals surface area (Å²) in [5.74, 6) is -0.157. The number of methoxy groups -OCH3 is 1. The lowest BCUT2D eigenvalue weighted by Crippen LogP contribution is -2.33. The summed E-state index contributed by atoms with van der Waals surface area (Å²) in [6.07, 6.45) is 3.61. The zero-order valence-corrected chi connectivity index (χ0v) is 14.2. The Kier molecular flexibility index (Phi) is 8.03. The van der Waals surface area contributed by atoms with Gasteiger partial charge in [-0.05, 0) is 0 Å². The van der Waals surface area contributed by atoms with Gasteiger partial charge < -0.3 is 15.4 Å². The Morgan fingerprint density at radius 2 is 2.23 bits per heavy atom. The number of rotatable bonds is 8. The third-order valence-corrected chi connectivity index (χ3v) is 3.65. The van der Waals surface area contributed by atoms with Gasteiger partial charge in [-0.15, -0.1) is 23.7 Å². The number of halogens is 1. The van der Waals surface area contributed by atoms with Crippen molar-refractivity contribution in [1.82, 2.24) is 25.4 Å². The predicted octanol–water partition coefficient (Wildman–Crippen LogP) is 0.931. The summed E-state index contributed by atoms with van der Waals surface area (Å²) in [4.78, 5) is 16.3. The van der Waals surface area contributed by atoms with Gasteiger partial charge in [-0.2, -0.15) is 5.10 Å². The number of aromatic nitrogens is 3. The number of hydrogen-bond acceptors (Lipinski definition) is 6. The molecule has 2 aromatic heterocycles. The SMILES string of the molecule is COCCNCCNC(=O)c1csc(-c2cnn(C)c2)n1.Cl. The molecule has 1 amide bonds. The molecule has 0 aliphatic rings. The van der Waals surface area contributed by atoms with Gasteiger partial charge in [0.05, 0.1) is 12.8 Å². The van der Waals surface area contributed by atoms with Gasteiger partial charge in [0.15, 0.2) is 0 Å². The van der Waals surface area contributed by atoms with Crippen molar-refractivity contribution in [3.8, 4) is 10.6 Å². The molecule has 2 aromatic rings. The Morgan fingerprint density at radius 3 is 2.91 bits per heavy atom. The van der Waals surface area contributed by atoms with Crippen molar-refractivity contribution in [2.24, 2.45) is 7.05 Å². The Balaban J connectivity index is 0.00000242. The molecule has 2 N–H and O–H groups in total. The topological polar surface area (TPSA) is 81.1 Å². The molecule has 9 heteroatoms. The Morgan fingerprint density at radius 1 is 1.41 bits per heavy atom. The van der Waals surface area contributed by atoms with Gasteiger partial charge in [-0.3, -0.25) is 9.48 Å². The van der Waals surface area contributed by atoms with Gasteiger partial charge in [-0.25, -0.2) is 4.98 Å². The quantitative estimate of drug-likeness (QED) is 0.696. The van der Waals surface area contributed by atoms with Gasteiger partial charge in [0.2, 0.25) is 0 Å². The van der Waals surface area contributed by atoms with Crippen molar-refractivity contribution in [2.45, 2.75) is 0 Å². The van der Waals surface area contributed by atoms with Crippen LogP contribution in [0.1, 0.15) is 10.5 Å². The Labute approximate surface area is 139 Å². The summed E-state index contributed by atoms with van der Waals surface area (Å²) in [5, 5.41) is 12.6. The number of hydrogen-bond donors (Lipinski definition) is 2. The fourth-order valence-corrected chi connectivity index (χ4v) is 2.47. The average molecular weight is 346 g/mol. The van der Waals surface area contributed by atoms with Crippen molar-refractivity contribution >= 4 is 29.7 Å². The summed E-state index contributed by atoms with van der Waals surface area (Å²) in [6.45, 7) is 2.69. The third kappa shape index (κ3) is 5.38. The maximum absolute atomic E-state index is 11.9. The molecule has 0 unspecified atom stereocenters. The zero-order chi connectivity index (χ0) is 15.1. The fraction of sp³-hybridized carbons (Fsp3) is 0.462. The monoisotopic (exact) mass is 345 g/mol. The van der Waals surface area contributed by atoms with Crippen LogP contribution in [0.3, 0.4) is 0 Å². The number of carbonyl (C=O) groups is 1. The minimum Gasteiger partial charge on any atom is -0.383 e. The van der Waals surface area contributed by atoms with E-state index in [2.05, 4.69) is 20.7 Å². The molecule has 2 rings (SSSR count). The van der Waals surface area contributed by atoms with Gasteiger partial charge >= 0.3 is 0 Å². The minimum absolute atomic E-state index is 0. The van der Waals surface area contributed by atoms with Crippen LogP contribution in [0.4, 0.5) is 0 Å². The lowest BCUT2D eigenvalue weighted by atomic mass is 10.4. The molecule has 22 heavy (non-hydrogen) atoms. The van der Waals surface area contributed by atoms with Crippen LogP contribution in [-0.2, 0) is 11.8 Å². The number of thiazole rings is 1. The Bertz CT molecular complexity index is 587. The minimum atomic E-state index is -0.157. The van der Waals surface area contributed by atoms with Gasteiger partial charge in [-0.1, -0.05) is 0 Å². The van der Waals surface area contributed by atoms with E-state index >= 15 is 0 Å². The van der Waals surface area contributed by atoms with E-state index < -0.39 is 0 Å². The van der Waals surface area contributed by atoms with Crippen LogP contribution in [0, 0.1) is 0 Å². The van der Waals surface area contributed by atoms with E-state index in [0.717, 1.165) is 17.1 Å². The zero-order valence-electron chi connectivity index (χ0n) is 12.5. The fourth-order valence-electron chi connectivity index (χ4n) is 1.70. The number of ether oxygens (including phenoxy) is 1. The highest BCUT2D eigenvalue weighted by Crippen LogP contribution is 2.22. The highest BCUT2D eigenvalue weighted by Gasteiger charge is 2.12. The van der Waals surface area contributed by atoms with Crippen molar-refractivity contribution < 1.29 is 9.53 Å². The van der Waals surface area contributed by atoms with E-state index in [1.54, 1.807) is 23.4 Å². The summed E-state index contributed by atoms with van der Waals surface area (Å²) >= 11 is 1.44. The van der Waals surface area contributed by atoms with E-state index in [-0.39, 0.29) is 18.3 Å². The van der Waals surface area contributed by atoms with Crippen LogP contribution in [0.15, 0.2) is 17.8 Å². The smallest absolute Gasteiger partial charge is 0.270 e. The standard InChI is InChI=1S/C13H19N5O2S.ClH/c1-18-8-10(7-16-18)13-17-11(9-21-13)12(19)15-4-3-14-5-6-20-2;/h7-9,14H,3-6H2,1-2H3,(H,15,19);1H. The van der Waals surface area contributed by atoms with Crippen LogP contribution in [0.5, 0.6) is 0 Å². The molecular formula is C13H20ClN5O2S. The molecule has 0 aliphatic carbocycles. The molecule has 0 aromatic carbocycles. The summed E-state index contributed by atoms with van der Waals surface area (Å²) in [6, 6.07) is 0. The second-order valence-corrected chi connectivity index (χ2v) is 5.30. The van der Waals surface area contributed by atoms with Gasteiger partial charge in [0, 0.05) is 50.9 Å². The largest absolute Gasteiger partial charge is 0.383 e. The molecule has 0 aliphatic heterocycles. The molecule has 0 atom stereocenters. The number of nitrogens with zero attached hydrogens (tertiary/aromatic N) is 3. The number of carbonyl (C=O) groups excluding carboxylic acids is 1. The molecule has 7 nitrogen and oxygen atoms in total. The van der Waals surface area contributed by atoms with E-state index in [4.69, 9.17) is 4.74 Å². The molecule has 0 saturated heterocycles. The summed E-state index contributed by atoms with van der Waals surface area (Å²) < 4.78 is 6.63. The molecule has 122 valence electrons. The van der Waals surface area contributed by atoms with E-state index in [9.17, 15) is 4.79 Å². The lowest BCUT2D eigenvalue weighted by molar-refractivity contribution is 0.0949. The molecule has 0 saturated carbocycles. The third-order valence-electron chi connectivity index (χ3n) is 2.76. The highest BCUT2D eigenvalue weighted by atomic mass is 35.5. The van der Waals surface area contributed by atoms with Crippen molar-refractivity contribution in [3.63, 3.8) is 0 Å². The number of aryl methyl sites for hydroxylation is 1. The molecule has 0 radical (unpaired) electrons. The maximum atomic E-state index is 11.9. The van der Waals surface area contributed by atoms with E-state index in [0.29, 0.717) is 25.4 Å². The molecule has 2 heterocycles. The second-order valence-electron chi connectivity index (χ2n) is 4.44. The molecule has 0 bridgehead atoms. The van der Waals surface area contributed by atoms with Gasteiger partial charge in [0.1, 0.15) is 10.7 Å². The summed E-state index contributed by atoms with van der Waals surface area (Å²) in [5.41, 5.74) is 1.36. The van der Waals surface area contributed by atoms with Crippen molar-refractivity contribution in [3.05, 3.63) is 23.5 Å². The van der Waals surface area contributed by atoms with Gasteiger partial charge in [0.25, 0.3) is 5.91 Å². The first-order chi connectivity index (χ1) is 10.2. The van der Waals surface area contributed by atoms with Crippen molar-refractivity contribution in [1.29, 1.82) is 0 Å². The first-order valence-electron chi connectivity index (χ1n) is 6.63. The molecule has 0 fully saturated rings. The first kappa shape index (κ1) is 18.6. The van der Waals surface area contributed by atoms with Crippen molar-refractivity contribution in [2.75, 3.05) is 33.4 Å². The number of nitrogens with one attached hydrogen (secondary N) is 2. The van der Waals surface area contributed by atoms with Crippen LogP contribution in [-0.4, -0.2) is 54.0 Å². The first-order valence-corrected chi connectivity index (χ1v) is 7.51. The van der Waals surface area contributed by atoms with Crippen LogP contribution in [0.25, 0.3) is 10.6 Å². The maximum Gasteiger partial charge on any atom is 0.270 e. The average Bonchev–Trinajstić information content (AvgIpc) is 3.11. The second kappa shape index (κ2) is 9.52. The van der Waals surface area contributed by atoms with E-state index in [1.807, 2.05) is 13.2 Å². The normalized spacial score (nSPS) is 10.3. The van der Waals surface area contributed by atoms with Crippen LogP contribution < -0.4 is 10.6 Å². The molecular weight excluding hydrogens is 326 g/mol. The summed E-state index contributed by atoms with van der Waals surface area (Å²) in [7, 11) is 3.51. The van der Waals surface area contributed by atoms with Crippen LogP contribution in [0.2, 0.25) is 0 Å². The highest BCUT2D eigenvalue weighted by molar-refractivity contribution is 7.13. The molecule has 0 spiro atoms. The number of amides is 1. The Hall–Kier alpha value is -1.48. The predicted molar refractivity (Wildman–Crippen MR) is 88.6 cm³/mol. The van der Waals surface area contributed by atoms with Crippen LogP contribution >= 0.6 is 23.7 Å².